The molecule has 56 heavy (non-hydrogen) atoms. The molecule has 2 saturated heterocycles. The van der Waals surface area contributed by atoms with Crippen molar-refractivity contribution in [3.05, 3.63) is 48.4 Å². The number of nitrogens with zero attached hydrogens (tertiary/aromatic N) is 4. The summed E-state index contributed by atoms with van der Waals surface area (Å²) in [6.07, 6.45) is 4.53. The van der Waals surface area contributed by atoms with E-state index in [9.17, 15) is 29.1 Å². The van der Waals surface area contributed by atoms with Crippen LogP contribution in [-0.2, 0) is 25.7 Å². The number of aryl methyl sites for hydroxylation is 1. The number of methoxy groups -OCH3 is 1. The van der Waals surface area contributed by atoms with Gasteiger partial charge in [0.2, 0.25) is 17.7 Å². The molecule has 2 aromatic heterocycles. The summed E-state index contributed by atoms with van der Waals surface area (Å²) in [6, 6.07) is 9.56. The number of hydrogen-bond donors (Lipinski definition) is 5. The third-order valence-corrected chi connectivity index (χ3v) is 11.1. The highest BCUT2D eigenvalue weighted by atomic mass is 16.5. The molecule has 0 bridgehead atoms. The predicted octanol–water partition coefficient (Wildman–Crippen LogP) is 6.25. The van der Waals surface area contributed by atoms with Crippen molar-refractivity contribution < 1.29 is 33.8 Å². The second-order valence-electron chi connectivity index (χ2n) is 15.5. The first-order valence-electron chi connectivity index (χ1n) is 19.7. The van der Waals surface area contributed by atoms with Gasteiger partial charge in [0.05, 0.1) is 30.6 Å². The van der Waals surface area contributed by atoms with Gasteiger partial charge in [0.25, 0.3) is 0 Å². The predicted molar refractivity (Wildman–Crippen MR) is 213 cm³/mol. The molecular formula is C41H54N8O7. The highest BCUT2D eigenvalue weighted by molar-refractivity contribution is 6.10. The minimum Gasteiger partial charge on any atom is -0.465 e. The number of carbonyl (C=O) groups excluding carboxylic acids is 4. The van der Waals surface area contributed by atoms with Crippen LogP contribution in [-0.4, -0.2) is 97.7 Å². The summed E-state index contributed by atoms with van der Waals surface area (Å²) < 4.78 is 7.05. The van der Waals surface area contributed by atoms with Crippen molar-refractivity contribution in [3.63, 3.8) is 0 Å². The van der Waals surface area contributed by atoms with Crippen LogP contribution in [0.2, 0.25) is 0 Å². The van der Waals surface area contributed by atoms with E-state index in [1.54, 1.807) is 24.9 Å². The number of rotatable bonds is 13. The van der Waals surface area contributed by atoms with E-state index in [0.717, 1.165) is 65.3 Å². The average molecular weight is 771 g/mol. The van der Waals surface area contributed by atoms with Gasteiger partial charge in [-0.05, 0) is 62.1 Å². The third kappa shape index (κ3) is 8.17. The monoisotopic (exact) mass is 770 g/mol. The number of benzene rings is 2. The Bertz CT molecular complexity index is 2110. The largest absolute Gasteiger partial charge is 0.465 e. The lowest BCUT2D eigenvalue weighted by Gasteiger charge is -2.30. The summed E-state index contributed by atoms with van der Waals surface area (Å²) in [7, 11) is 1.28. The molecule has 0 unspecified atom stereocenters. The Balaban J connectivity index is 1.26. The molecule has 15 nitrogen and oxygen atoms in total. The first kappa shape index (κ1) is 40.1. The van der Waals surface area contributed by atoms with Crippen LogP contribution in [0, 0.1) is 11.8 Å². The number of aromatic nitrogens is 3. The number of aromatic amines is 1. The number of likely N-dealkylation sites (tertiary alicyclic amines) is 2. The average Bonchev–Trinajstić information content (AvgIpc) is 4.00. The molecule has 4 atom stereocenters. The minimum atomic E-state index is -1.28. The number of unbranched alkanes of at least 4 members (excludes halogenated alkanes) is 1. The van der Waals surface area contributed by atoms with Crippen LogP contribution in [0.3, 0.4) is 0 Å². The van der Waals surface area contributed by atoms with E-state index in [0.29, 0.717) is 37.4 Å². The number of nitrogens with one attached hydrogen (secondary N) is 4. The maximum Gasteiger partial charge on any atom is 0.407 e. The Kier molecular flexibility index (Phi) is 12.2. The minimum absolute atomic E-state index is 0.130. The number of imidazole rings is 1. The van der Waals surface area contributed by atoms with E-state index in [1.807, 2.05) is 32.0 Å². The van der Waals surface area contributed by atoms with E-state index < -0.39 is 36.2 Å². The molecule has 5 N–H and O–H groups in total. The topological polar surface area (TPSA) is 191 Å². The van der Waals surface area contributed by atoms with Gasteiger partial charge in [0.15, 0.2) is 0 Å². The number of H-pyrrole nitrogens is 1. The first-order chi connectivity index (χ1) is 26.8. The zero-order chi connectivity index (χ0) is 40.3. The van der Waals surface area contributed by atoms with E-state index in [-0.39, 0.29) is 29.7 Å². The smallest absolute Gasteiger partial charge is 0.407 e. The van der Waals surface area contributed by atoms with E-state index in [1.165, 1.54) is 12.0 Å². The van der Waals surface area contributed by atoms with Gasteiger partial charge in [0.1, 0.15) is 23.9 Å². The van der Waals surface area contributed by atoms with E-state index in [2.05, 4.69) is 50.6 Å². The van der Waals surface area contributed by atoms with Crippen LogP contribution in [0.1, 0.15) is 85.0 Å². The van der Waals surface area contributed by atoms with Gasteiger partial charge >= 0.3 is 12.2 Å². The van der Waals surface area contributed by atoms with Gasteiger partial charge in [0, 0.05) is 47.2 Å². The second kappa shape index (κ2) is 17.0. The number of hydrogen-bond acceptors (Lipinski definition) is 7. The van der Waals surface area contributed by atoms with Crippen molar-refractivity contribution >= 4 is 57.4 Å². The van der Waals surface area contributed by atoms with E-state index >= 15 is 0 Å². The molecule has 15 heteroatoms. The summed E-state index contributed by atoms with van der Waals surface area (Å²) in [5.74, 6) is -0.570. The number of carboxylic acid groups (broad SMARTS) is 1. The lowest BCUT2D eigenvalue weighted by molar-refractivity contribution is -0.139. The van der Waals surface area contributed by atoms with Crippen molar-refractivity contribution in [1.29, 1.82) is 0 Å². The van der Waals surface area contributed by atoms with Crippen LogP contribution in [0.25, 0.3) is 33.1 Å². The highest BCUT2D eigenvalue weighted by Crippen LogP contribution is 2.36. The Morgan fingerprint density at radius 3 is 2.21 bits per heavy atom. The lowest BCUT2D eigenvalue weighted by Crippen LogP contribution is -2.54. The van der Waals surface area contributed by atoms with Gasteiger partial charge in [-0.2, -0.15) is 0 Å². The Morgan fingerprint density at radius 2 is 1.54 bits per heavy atom. The van der Waals surface area contributed by atoms with Crippen LogP contribution in [0.5, 0.6) is 0 Å². The van der Waals surface area contributed by atoms with Gasteiger partial charge < -0.3 is 45.1 Å². The maximum atomic E-state index is 13.7. The molecule has 4 heterocycles. The number of alkyl carbamates (subject to hydrolysis) is 1. The maximum absolute atomic E-state index is 13.7. The fraction of sp³-hybridized carbons (Fsp3) is 0.512. The Hall–Kier alpha value is -5.60. The summed E-state index contributed by atoms with van der Waals surface area (Å²) >= 11 is 0. The van der Waals surface area contributed by atoms with Gasteiger partial charge in [-0.25, -0.2) is 14.6 Å². The van der Waals surface area contributed by atoms with Gasteiger partial charge in [-0.3, -0.25) is 14.4 Å². The van der Waals surface area contributed by atoms with Crippen molar-refractivity contribution in [3.8, 4) is 11.3 Å². The molecule has 2 aliphatic heterocycles. The van der Waals surface area contributed by atoms with Crippen LogP contribution < -0.4 is 16.0 Å². The summed E-state index contributed by atoms with van der Waals surface area (Å²) in [6.45, 7) is 11.2. The molecule has 2 aromatic carbocycles. The normalized spacial score (nSPS) is 18.1. The molecule has 2 aliphatic rings. The highest BCUT2D eigenvalue weighted by Gasteiger charge is 2.39. The Morgan fingerprint density at radius 1 is 0.893 bits per heavy atom. The summed E-state index contributed by atoms with van der Waals surface area (Å²) in [5, 5.41) is 19.5. The number of anilines is 1. The van der Waals surface area contributed by atoms with Gasteiger partial charge in [-0.1, -0.05) is 59.2 Å². The molecular weight excluding hydrogens is 716 g/mol. The van der Waals surface area contributed by atoms with Crippen LogP contribution in [0.4, 0.5) is 15.3 Å². The summed E-state index contributed by atoms with van der Waals surface area (Å²) in [4.78, 5) is 75.7. The third-order valence-electron chi connectivity index (χ3n) is 11.1. The molecule has 300 valence electrons. The zero-order valence-corrected chi connectivity index (χ0v) is 33.1. The standard InChI is InChI=1S/C41H54N8O7/c1-7-8-17-47-32-20-25(29-22-42-36(44-29)30-11-9-18-48(30)39(52)35(24(4)5)46-41(55)56-6)13-15-27(32)28-16-14-26(21-33(28)47)43-37(50)31-12-10-19-49(31)38(51)34(23(2)3)45-40(53)54/h13-16,20-24,30-31,34-35,45H,7-12,17-19H2,1-6H3,(H,42,44)(H,43,50)(H,46,55)(H,53,54)/t30-,31-,34-,35-/m0/s1. The summed E-state index contributed by atoms with van der Waals surface area (Å²) in [5.41, 5.74) is 4.39. The number of amides is 5. The lowest BCUT2D eigenvalue weighted by atomic mass is 10.0. The fourth-order valence-corrected chi connectivity index (χ4v) is 8.10. The molecule has 4 aromatic rings. The van der Waals surface area contributed by atoms with Gasteiger partial charge in [-0.15, -0.1) is 0 Å². The molecule has 0 spiro atoms. The fourth-order valence-electron chi connectivity index (χ4n) is 8.10. The van der Waals surface area contributed by atoms with Crippen molar-refractivity contribution in [2.24, 2.45) is 11.8 Å². The molecule has 0 saturated carbocycles. The van der Waals surface area contributed by atoms with Crippen molar-refractivity contribution in [1.82, 2.24) is 35.0 Å². The molecule has 0 radical (unpaired) electrons. The second-order valence-corrected chi connectivity index (χ2v) is 15.5. The van der Waals surface area contributed by atoms with Crippen LogP contribution >= 0.6 is 0 Å². The first-order valence-corrected chi connectivity index (χ1v) is 19.7. The zero-order valence-electron chi connectivity index (χ0n) is 33.1. The molecule has 0 aliphatic carbocycles. The molecule has 5 amide bonds. The SMILES string of the molecule is CCCCn1c2cc(NC(=O)[C@@H]3CCCN3C(=O)[C@@H](NC(=O)O)C(C)C)ccc2c2ccc(-c3cnc([C@@H]4CCCN4C(=O)[C@@H](NC(=O)OC)C(C)C)[nH]3)cc21. The molecule has 2 fully saturated rings. The van der Waals surface area contributed by atoms with E-state index in [4.69, 9.17) is 9.72 Å². The Labute approximate surface area is 326 Å². The van der Waals surface area contributed by atoms with Crippen molar-refractivity contribution in [2.75, 3.05) is 25.5 Å². The molecule has 6 rings (SSSR count). The van der Waals surface area contributed by atoms with Crippen molar-refractivity contribution in [2.45, 2.75) is 104 Å². The van der Waals surface area contributed by atoms with Crippen LogP contribution in [0.15, 0.2) is 42.6 Å². The number of ether oxygens (including phenoxy) is 1. The number of carbonyl (C=O) groups is 5. The number of fused-ring (bicyclic) bond motifs is 3. The quantitative estimate of drug-likeness (QED) is 0.105.